The van der Waals surface area contributed by atoms with Gasteiger partial charge in [-0.25, -0.2) is 0 Å². The normalized spacial score (nSPS) is 11.0. The molecule has 3 aromatic carbocycles. The Morgan fingerprint density at radius 1 is 0.724 bits per heavy atom. The van der Waals surface area contributed by atoms with Crippen molar-refractivity contribution >= 4 is 0 Å². The van der Waals surface area contributed by atoms with Crippen molar-refractivity contribution in [3.8, 4) is 28.5 Å². The minimum absolute atomic E-state index is 0.865. The first kappa shape index (κ1) is 19.1. The van der Waals surface area contributed by atoms with Crippen LogP contribution in [0.2, 0.25) is 0 Å². The molecule has 0 aliphatic rings. The molecular formula is C26H27N3. The molecule has 0 amide bonds. The highest BCUT2D eigenvalue weighted by Gasteiger charge is 2.19. The van der Waals surface area contributed by atoms with E-state index in [0.717, 1.165) is 34.9 Å². The lowest BCUT2D eigenvalue weighted by Gasteiger charge is -2.14. The molecule has 146 valence electrons. The van der Waals surface area contributed by atoms with Crippen LogP contribution in [0.1, 0.15) is 36.5 Å². The summed E-state index contributed by atoms with van der Waals surface area (Å²) >= 11 is 0. The van der Waals surface area contributed by atoms with E-state index in [1.165, 1.54) is 29.5 Å². The van der Waals surface area contributed by atoms with Gasteiger partial charge in [0.15, 0.2) is 11.6 Å². The van der Waals surface area contributed by atoms with Crippen LogP contribution in [0.4, 0.5) is 0 Å². The lowest BCUT2D eigenvalue weighted by atomic mass is 10.0. The highest BCUT2D eigenvalue weighted by atomic mass is 15.3. The van der Waals surface area contributed by atoms with E-state index in [4.69, 9.17) is 0 Å². The van der Waals surface area contributed by atoms with Crippen molar-refractivity contribution in [3.63, 3.8) is 0 Å². The summed E-state index contributed by atoms with van der Waals surface area (Å²) < 4.78 is 2.19. The number of hydrogen-bond donors (Lipinski definition) is 0. The summed E-state index contributed by atoms with van der Waals surface area (Å²) in [7, 11) is 0. The molecule has 0 saturated carbocycles. The highest BCUT2D eigenvalue weighted by molar-refractivity contribution is 5.71. The third-order valence-corrected chi connectivity index (χ3v) is 5.41. The largest absolute Gasteiger partial charge is 0.275 e. The van der Waals surface area contributed by atoms with Crippen LogP contribution in [0.15, 0.2) is 72.8 Å². The van der Waals surface area contributed by atoms with E-state index in [9.17, 15) is 0 Å². The van der Waals surface area contributed by atoms with E-state index < -0.39 is 0 Å². The van der Waals surface area contributed by atoms with Crippen molar-refractivity contribution in [1.82, 2.24) is 14.8 Å². The van der Waals surface area contributed by atoms with Gasteiger partial charge in [-0.3, -0.25) is 4.57 Å². The van der Waals surface area contributed by atoms with Crippen LogP contribution in [-0.4, -0.2) is 14.8 Å². The predicted octanol–water partition coefficient (Wildman–Crippen LogP) is 6.56. The molecule has 0 atom stereocenters. The second kappa shape index (κ2) is 8.44. The summed E-state index contributed by atoms with van der Waals surface area (Å²) in [5, 5.41) is 9.25. The average Bonchev–Trinajstić information content (AvgIpc) is 3.18. The summed E-state index contributed by atoms with van der Waals surface area (Å²) in [5.41, 5.74) is 7.09. The molecule has 0 spiro atoms. The van der Waals surface area contributed by atoms with Crippen molar-refractivity contribution < 1.29 is 0 Å². The number of aromatic nitrogens is 3. The quantitative estimate of drug-likeness (QED) is 0.378. The number of nitrogens with zero attached hydrogens (tertiary/aromatic N) is 3. The first-order chi connectivity index (χ1) is 14.2. The zero-order valence-electron chi connectivity index (χ0n) is 17.4. The molecule has 0 N–H and O–H groups in total. The number of rotatable bonds is 6. The van der Waals surface area contributed by atoms with Gasteiger partial charge in [0.05, 0.1) is 0 Å². The third kappa shape index (κ3) is 3.86. The van der Waals surface area contributed by atoms with Gasteiger partial charge in [-0.15, -0.1) is 10.2 Å². The zero-order chi connectivity index (χ0) is 20.2. The van der Waals surface area contributed by atoms with Crippen LogP contribution >= 0.6 is 0 Å². The van der Waals surface area contributed by atoms with Gasteiger partial charge in [0.2, 0.25) is 0 Å². The number of unbranched alkanes of at least 4 members (excludes halogenated alkanes) is 1. The van der Waals surface area contributed by atoms with Gasteiger partial charge in [0.25, 0.3) is 0 Å². The number of hydrogen-bond acceptors (Lipinski definition) is 2. The smallest absolute Gasteiger partial charge is 0.169 e. The second-order valence-corrected chi connectivity index (χ2v) is 7.59. The molecule has 4 rings (SSSR count). The van der Waals surface area contributed by atoms with Crippen LogP contribution in [0.5, 0.6) is 0 Å². The Hall–Kier alpha value is -3.20. The second-order valence-electron chi connectivity index (χ2n) is 7.59. The first-order valence-electron chi connectivity index (χ1n) is 10.4. The van der Waals surface area contributed by atoms with Crippen LogP contribution in [-0.2, 0) is 6.42 Å². The minimum Gasteiger partial charge on any atom is -0.275 e. The van der Waals surface area contributed by atoms with Gasteiger partial charge < -0.3 is 0 Å². The fraction of sp³-hybridized carbons (Fsp3) is 0.231. The fourth-order valence-corrected chi connectivity index (χ4v) is 3.82. The molecule has 0 aliphatic heterocycles. The van der Waals surface area contributed by atoms with Crippen LogP contribution in [0.3, 0.4) is 0 Å². The Bertz CT molecular complexity index is 1070. The minimum atomic E-state index is 0.865. The van der Waals surface area contributed by atoms with Crippen LogP contribution in [0, 0.1) is 13.8 Å². The van der Waals surface area contributed by atoms with Crippen molar-refractivity contribution in [2.24, 2.45) is 0 Å². The Labute approximate surface area is 173 Å². The molecule has 0 aliphatic carbocycles. The summed E-state index contributed by atoms with van der Waals surface area (Å²) in [6.45, 7) is 6.50. The molecule has 0 unspecified atom stereocenters. The molecular weight excluding hydrogens is 354 g/mol. The molecule has 4 aromatic rings. The summed E-state index contributed by atoms with van der Waals surface area (Å²) in [4.78, 5) is 0. The number of aryl methyl sites for hydroxylation is 3. The fourth-order valence-electron chi connectivity index (χ4n) is 3.82. The standard InChI is InChI=1S/C26H27N3/c1-4-5-12-21-15-17-23(18-16-21)29-25(22-13-7-6-8-14-22)27-28-26(29)24-19(2)10-9-11-20(24)3/h6-11,13-18H,4-5,12H2,1-3H3. The predicted molar refractivity (Wildman–Crippen MR) is 120 cm³/mol. The summed E-state index contributed by atoms with van der Waals surface area (Å²) in [6, 6.07) is 25.5. The summed E-state index contributed by atoms with van der Waals surface area (Å²) in [5.74, 6) is 1.75. The molecule has 0 saturated heterocycles. The van der Waals surface area contributed by atoms with Gasteiger partial charge >= 0.3 is 0 Å². The van der Waals surface area contributed by atoms with Crippen molar-refractivity contribution in [2.45, 2.75) is 40.0 Å². The van der Waals surface area contributed by atoms with E-state index in [0.29, 0.717) is 0 Å². The Balaban J connectivity index is 1.89. The maximum atomic E-state index is 4.65. The van der Waals surface area contributed by atoms with E-state index in [1.54, 1.807) is 0 Å². The zero-order valence-corrected chi connectivity index (χ0v) is 17.4. The lowest BCUT2D eigenvalue weighted by Crippen LogP contribution is -2.02. The van der Waals surface area contributed by atoms with Gasteiger partial charge in [-0.05, 0) is 55.5 Å². The topological polar surface area (TPSA) is 30.7 Å². The van der Waals surface area contributed by atoms with E-state index in [-0.39, 0.29) is 0 Å². The monoisotopic (exact) mass is 381 g/mol. The molecule has 1 aromatic heterocycles. The number of benzene rings is 3. The van der Waals surface area contributed by atoms with Crippen LogP contribution in [0.25, 0.3) is 28.5 Å². The van der Waals surface area contributed by atoms with E-state index in [1.807, 2.05) is 18.2 Å². The Morgan fingerprint density at radius 2 is 1.38 bits per heavy atom. The van der Waals surface area contributed by atoms with E-state index >= 15 is 0 Å². The SMILES string of the molecule is CCCCc1ccc(-n2c(-c3ccccc3)nnc2-c2c(C)cccc2C)cc1. The molecule has 3 nitrogen and oxygen atoms in total. The average molecular weight is 382 g/mol. The molecule has 0 fully saturated rings. The molecule has 3 heteroatoms. The van der Waals surface area contributed by atoms with Crippen molar-refractivity contribution in [2.75, 3.05) is 0 Å². The van der Waals surface area contributed by atoms with Gasteiger partial charge in [0.1, 0.15) is 0 Å². The Kier molecular flexibility index (Phi) is 5.57. The Morgan fingerprint density at radius 3 is 2.03 bits per heavy atom. The molecule has 0 radical (unpaired) electrons. The maximum absolute atomic E-state index is 4.65. The first-order valence-corrected chi connectivity index (χ1v) is 10.4. The highest BCUT2D eigenvalue weighted by Crippen LogP contribution is 2.32. The molecule has 1 heterocycles. The van der Waals surface area contributed by atoms with Crippen molar-refractivity contribution in [3.05, 3.63) is 89.5 Å². The van der Waals surface area contributed by atoms with Crippen molar-refractivity contribution in [1.29, 1.82) is 0 Å². The molecule has 29 heavy (non-hydrogen) atoms. The molecule has 0 bridgehead atoms. The van der Waals surface area contributed by atoms with Gasteiger partial charge in [-0.1, -0.05) is 74.0 Å². The lowest BCUT2D eigenvalue weighted by molar-refractivity contribution is 0.795. The van der Waals surface area contributed by atoms with E-state index in [2.05, 4.69) is 90.1 Å². The summed E-state index contributed by atoms with van der Waals surface area (Å²) in [6.07, 6.45) is 3.55. The van der Waals surface area contributed by atoms with Gasteiger partial charge in [0, 0.05) is 16.8 Å². The third-order valence-electron chi connectivity index (χ3n) is 5.41. The van der Waals surface area contributed by atoms with Gasteiger partial charge in [-0.2, -0.15) is 0 Å². The maximum Gasteiger partial charge on any atom is 0.169 e. The van der Waals surface area contributed by atoms with Crippen LogP contribution < -0.4 is 0 Å².